The first-order valence-electron chi connectivity index (χ1n) is 11.9. The molecule has 0 bridgehead atoms. The lowest BCUT2D eigenvalue weighted by Crippen LogP contribution is -2.59. The molecule has 14 heteroatoms. The third-order valence-electron chi connectivity index (χ3n) is 5.58. The predicted molar refractivity (Wildman–Crippen MR) is 129 cm³/mol. The van der Waals surface area contributed by atoms with Crippen LogP contribution in [0.5, 0.6) is 0 Å². The Morgan fingerprint density at radius 1 is 1.03 bits per heavy atom. The van der Waals surface area contributed by atoms with Crippen molar-refractivity contribution >= 4 is 29.7 Å². The van der Waals surface area contributed by atoms with E-state index in [9.17, 15) is 29.4 Å². The quantitative estimate of drug-likeness (QED) is 0.0584. The van der Waals surface area contributed by atoms with Gasteiger partial charge in [-0.05, 0) is 65.0 Å². The molecule has 0 radical (unpaired) electrons. The third-order valence-corrected chi connectivity index (χ3v) is 5.58. The summed E-state index contributed by atoms with van der Waals surface area (Å²) >= 11 is 0. The maximum absolute atomic E-state index is 12.9. The number of aliphatic hydroxyl groups is 1. The summed E-state index contributed by atoms with van der Waals surface area (Å²) in [6, 6.07) is -4.05. The number of aliphatic imine (C=N–C) groups is 1. The van der Waals surface area contributed by atoms with Crippen LogP contribution in [0.1, 0.15) is 51.9 Å². The van der Waals surface area contributed by atoms with Gasteiger partial charge in [0, 0.05) is 6.54 Å². The van der Waals surface area contributed by atoms with Crippen LogP contribution in [-0.4, -0.2) is 89.8 Å². The summed E-state index contributed by atoms with van der Waals surface area (Å²) in [4.78, 5) is 53.7. The van der Waals surface area contributed by atoms with Gasteiger partial charge in [0.05, 0.1) is 12.1 Å². The van der Waals surface area contributed by atoms with Gasteiger partial charge in [-0.2, -0.15) is 0 Å². The van der Waals surface area contributed by atoms with Crippen LogP contribution >= 0.6 is 0 Å². The number of amides is 3. The van der Waals surface area contributed by atoms with E-state index in [2.05, 4.69) is 26.3 Å². The molecule has 1 rings (SSSR count). The highest BCUT2D eigenvalue weighted by molar-refractivity contribution is 5.94. The molecule has 1 saturated heterocycles. The lowest BCUT2D eigenvalue weighted by Gasteiger charge is -2.26. The van der Waals surface area contributed by atoms with Crippen molar-refractivity contribution in [3.8, 4) is 0 Å². The average Bonchev–Trinajstić information content (AvgIpc) is 3.33. The molecule has 5 unspecified atom stereocenters. The van der Waals surface area contributed by atoms with Crippen LogP contribution in [0.15, 0.2) is 4.99 Å². The monoisotopic (exact) mass is 500 g/mol. The molecule has 0 saturated carbocycles. The largest absolute Gasteiger partial charge is 0.480 e. The summed E-state index contributed by atoms with van der Waals surface area (Å²) in [5.74, 6) is -3.23. The van der Waals surface area contributed by atoms with E-state index in [1.165, 1.54) is 6.92 Å². The van der Waals surface area contributed by atoms with Gasteiger partial charge in [-0.1, -0.05) is 0 Å². The number of nitrogens with zero attached hydrogens (tertiary/aromatic N) is 1. The van der Waals surface area contributed by atoms with E-state index in [1.54, 1.807) is 0 Å². The molecular weight excluding hydrogens is 460 g/mol. The van der Waals surface area contributed by atoms with E-state index >= 15 is 0 Å². The molecule has 1 aliphatic heterocycles. The number of guanidine groups is 1. The number of nitrogens with one attached hydrogen (secondary N) is 4. The fourth-order valence-corrected chi connectivity index (χ4v) is 3.62. The van der Waals surface area contributed by atoms with Crippen molar-refractivity contribution in [1.82, 2.24) is 21.3 Å². The summed E-state index contributed by atoms with van der Waals surface area (Å²) in [5, 5.41) is 30.1. The highest BCUT2D eigenvalue weighted by Crippen LogP contribution is 2.08. The minimum Gasteiger partial charge on any atom is -0.480 e. The fraction of sp³-hybridized carbons (Fsp3) is 0.762. The minimum absolute atomic E-state index is 0.0715. The molecular formula is C21H40N8O6. The molecule has 35 heavy (non-hydrogen) atoms. The summed E-state index contributed by atoms with van der Waals surface area (Å²) in [6.45, 7) is 2.62. The van der Waals surface area contributed by atoms with Crippen LogP contribution in [0.2, 0.25) is 0 Å². The predicted octanol–water partition coefficient (Wildman–Crippen LogP) is -3.16. The number of unbranched alkanes of at least 4 members (excludes halogenated alkanes) is 1. The second-order valence-corrected chi connectivity index (χ2v) is 8.57. The van der Waals surface area contributed by atoms with E-state index in [1.807, 2.05) is 0 Å². The SMILES string of the molecule is CC(O)C(NC(=O)C1CCCN1)C(=O)NC(CCCCN)C(=O)NC(CCCN=C(N)N)C(=O)O. The van der Waals surface area contributed by atoms with Gasteiger partial charge in [-0.3, -0.25) is 19.4 Å². The Hall–Kier alpha value is -2.97. The molecule has 1 fully saturated rings. The average molecular weight is 501 g/mol. The molecule has 5 atom stereocenters. The Balaban J connectivity index is 2.85. The van der Waals surface area contributed by atoms with Crippen molar-refractivity contribution in [2.75, 3.05) is 19.6 Å². The lowest BCUT2D eigenvalue weighted by molar-refractivity contribution is -0.142. The Morgan fingerprint density at radius 3 is 2.23 bits per heavy atom. The first-order chi connectivity index (χ1) is 16.6. The Labute approximate surface area is 204 Å². The van der Waals surface area contributed by atoms with E-state index < -0.39 is 54.0 Å². The number of aliphatic carboxylic acids is 1. The van der Waals surface area contributed by atoms with Gasteiger partial charge in [0.1, 0.15) is 18.1 Å². The summed E-state index contributed by atoms with van der Waals surface area (Å²) in [6.07, 6.45) is 1.87. The summed E-state index contributed by atoms with van der Waals surface area (Å²) < 4.78 is 0. The number of carboxylic acid groups (broad SMARTS) is 1. The Bertz CT molecular complexity index is 737. The molecule has 1 heterocycles. The van der Waals surface area contributed by atoms with Crippen LogP contribution in [0.4, 0.5) is 0 Å². The van der Waals surface area contributed by atoms with Crippen molar-refractivity contribution in [3.63, 3.8) is 0 Å². The fourth-order valence-electron chi connectivity index (χ4n) is 3.62. The van der Waals surface area contributed by atoms with Crippen LogP contribution in [0.25, 0.3) is 0 Å². The van der Waals surface area contributed by atoms with Crippen molar-refractivity contribution in [1.29, 1.82) is 0 Å². The first-order valence-corrected chi connectivity index (χ1v) is 11.9. The zero-order valence-corrected chi connectivity index (χ0v) is 20.2. The highest BCUT2D eigenvalue weighted by atomic mass is 16.4. The number of hydrogen-bond donors (Lipinski definition) is 9. The molecule has 0 aromatic heterocycles. The molecule has 0 aromatic carbocycles. The Kier molecular flexibility index (Phi) is 13.6. The number of carboxylic acids is 1. The number of nitrogens with two attached hydrogens (primary N) is 3. The molecule has 12 N–H and O–H groups in total. The molecule has 14 nitrogen and oxygen atoms in total. The van der Waals surface area contributed by atoms with E-state index in [-0.39, 0.29) is 25.3 Å². The maximum atomic E-state index is 12.9. The molecule has 0 aromatic rings. The van der Waals surface area contributed by atoms with E-state index in [0.717, 1.165) is 6.42 Å². The van der Waals surface area contributed by atoms with Gasteiger partial charge in [-0.25, -0.2) is 4.79 Å². The molecule has 200 valence electrons. The number of hydrogen-bond acceptors (Lipinski definition) is 8. The zero-order valence-electron chi connectivity index (χ0n) is 20.2. The molecule has 0 aliphatic carbocycles. The first kappa shape index (κ1) is 30.1. The van der Waals surface area contributed by atoms with Gasteiger partial charge < -0.3 is 48.7 Å². The van der Waals surface area contributed by atoms with Crippen LogP contribution in [-0.2, 0) is 19.2 Å². The molecule has 0 spiro atoms. The van der Waals surface area contributed by atoms with Crippen molar-refractivity contribution in [3.05, 3.63) is 0 Å². The van der Waals surface area contributed by atoms with Crippen molar-refractivity contribution in [2.24, 2.45) is 22.2 Å². The van der Waals surface area contributed by atoms with Crippen LogP contribution < -0.4 is 38.5 Å². The minimum atomic E-state index is -1.29. The normalized spacial score (nSPS) is 18.5. The number of aliphatic hydroxyl groups excluding tert-OH is 1. The second kappa shape index (κ2) is 15.8. The number of rotatable bonds is 16. The second-order valence-electron chi connectivity index (χ2n) is 8.57. The van der Waals surface area contributed by atoms with Gasteiger partial charge >= 0.3 is 5.97 Å². The Morgan fingerprint density at radius 2 is 1.69 bits per heavy atom. The van der Waals surface area contributed by atoms with Crippen LogP contribution in [0, 0.1) is 0 Å². The van der Waals surface area contributed by atoms with Crippen molar-refractivity contribution < 1.29 is 29.4 Å². The maximum Gasteiger partial charge on any atom is 0.326 e. The van der Waals surface area contributed by atoms with Crippen molar-refractivity contribution in [2.45, 2.75) is 82.1 Å². The van der Waals surface area contributed by atoms with Gasteiger partial charge in [-0.15, -0.1) is 0 Å². The number of carbonyl (C=O) groups excluding carboxylic acids is 3. The smallest absolute Gasteiger partial charge is 0.326 e. The third kappa shape index (κ3) is 11.3. The van der Waals surface area contributed by atoms with Gasteiger partial charge in [0.15, 0.2) is 5.96 Å². The molecule has 1 aliphatic rings. The topological polar surface area (TPSA) is 247 Å². The summed E-state index contributed by atoms with van der Waals surface area (Å²) in [5.41, 5.74) is 16.0. The molecule has 3 amide bonds. The van der Waals surface area contributed by atoms with Gasteiger partial charge in [0.25, 0.3) is 0 Å². The van der Waals surface area contributed by atoms with Crippen LogP contribution in [0.3, 0.4) is 0 Å². The van der Waals surface area contributed by atoms with Gasteiger partial charge in [0.2, 0.25) is 17.7 Å². The summed E-state index contributed by atoms with van der Waals surface area (Å²) in [7, 11) is 0. The zero-order chi connectivity index (χ0) is 26.4. The lowest BCUT2D eigenvalue weighted by atomic mass is 10.0. The number of carbonyl (C=O) groups is 4. The van der Waals surface area contributed by atoms with E-state index in [0.29, 0.717) is 38.8 Å². The standard InChI is InChI=1S/C21H40N8O6/c1-12(30)16(29-17(31)13-7-4-10-25-13)19(33)27-14(6-2-3-9-22)18(32)28-15(20(34)35)8-5-11-26-21(23)24/h12-16,25,30H,2-11,22H2,1H3,(H,27,33)(H,28,32)(H,29,31)(H,34,35)(H4,23,24,26). The highest BCUT2D eigenvalue weighted by Gasteiger charge is 2.33. The van der Waals surface area contributed by atoms with E-state index in [4.69, 9.17) is 17.2 Å².